The smallest absolute Gasteiger partial charge is 0.325 e. The Bertz CT molecular complexity index is 1350. The molecule has 3 N–H and O–H groups in total. The zero-order valence-corrected chi connectivity index (χ0v) is 26.4. The molecule has 3 aliphatic rings. The number of amides is 3. The van der Waals surface area contributed by atoms with Gasteiger partial charge in [-0.25, -0.2) is 14.8 Å². The van der Waals surface area contributed by atoms with Gasteiger partial charge in [-0.1, -0.05) is 49.2 Å². The van der Waals surface area contributed by atoms with E-state index < -0.39 is 12.0 Å². The minimum Gasteiger partial charge on any atom is -0.494 e. The van der Waals surface area contributed by atoms with Crippen molar-refractivity contribution in [2.75, 3.05) is 19.7 Å². The van der Waals surface area contributed by atoms with Crippen molar-refractivity contribution < 1.29 is 23.9 Å². The van der Waals surface area contributed by atoms with E-state index in [1.807, 2.05) is 48.5 Å². The molecule has 2 aromatic carbocycles. The van der Waals surface area contributed by atoms with Crippen LogP contribution in [-0.4, -0.2) is 65.6 Å². The Hall–Kier alpha value is -4.12. The second-order valence-electron chi connectivity index (χ2n) is 12.3. The zero-order chi connectivity index (χ0) is 31.6. The number of urea groups is 1. The maximum absolute atomic E-state index is 12.8. The van der Waals surface area contributed by atoms with Crippen molar-refractivity contribution in [2.24, 2.45) is 10.9 Å². The average Bonchev–Trinajstić information content (AvgIpc) is 3.03. The van der Waals surface area contributed by atoms with E-state index >= 15 is 0 Å². The van der Waals surface area contributed by atoms with Crippen LogP contribution in [0.4, 0.5) is 10.5 Å². The first-order valence-electron chi connectivity index (χ1n) is 16.3. The van der Waals surface area contributed by atoms with Crippen molar-refractivity contribution in [3.8, 4) is 5.75 Å². The fraction of sp³-hybridized carbons (Fsp3) is 0.529. The Kier molecular flexibility index (Phi) is 11.3. The summed E-state index contributed by atoms with van der Waals surface area (Å²) in [5, 5.41) is 7.83. The molecule has 11 nitrogen and oxygen atoms in total. The van der Waals surface area contributed by atoms with Crippen LogP contribution in [0.3, 0.4) is 0 Å². The summed E-state index contributed by atoms with van der Waals surface area (Å²) in [5.74, 6) is 1.22. The Morgan fingerprint density at radius 3 is 2.64 bits per heavy atom. The lowest BCUT2D eigenvalue weighted by atomic mass is 9.79. The molecule has 242 valence electrons. The summed E-state index contributed by atoms with van der Waals surface area (Å²) >= 11 is 0. The van der Waals surface area contributed by atoms with Crippen LogP contribution < -0.4 is 20.8 Å². The van der Waals surface area contributed by atoms with Gasteiger partial charge in [-0.05, 0) is 69.1 Å². The van der Waals surface area contributed by atoms with Crippen molar-refractivity contribution in [1.82, 2.24) is 26.0 Å². The SMILES string of the molecule is CC(C)OC(=O)CN1Cc2ccc(OCCCC(=O)NN3CCCC4CCCCC43)cc2N=C1NC(=O)NCc1ccccc1. The molecule has 0 radical (unpaired) electrons. The molecule has 0 aromatic heterocycles. The van der Waals surface area contributed by atoms with Gasteiger partial charge in [-0.3, -0.25) is 20.3 Å². The summed E-state index contributed by atoms with van der Waals surface area (Å²) in [5.41, 5.74) is 5.66. The van der Waals surface area contributed by atoms with Crippen molar-refractivity contribution in [1.29, 1.82) is 0 Å². The number of hydrazine groups is 1. The number of benzene rings is 2. The number of piperidine rings is 1. The third-order valence-corrected chi connectivity index (χ3v) is 8.48. The molecular weight excluding hydrogens is 572 g/mol. The summed E-state index contributed by atoms with van der Waals surface area (Å²) in [6, 6.07) is 15.2. The highest BCUT2D eigenvalue weighted by molar-refractivity contribution is 5.99. The molecule has 45 heavy (non-hydrogen) atoms. The second-order valence-corrected chi connectivity index (χ2v) is 12.3. The molecule has 2 atom stereocenters. The highest BCUT2D eigenvalue weighted by Gasteiger charge is 2.34. The van der Waals surface area contributed by atoms with Crippen LogP contribution in [0.2, 0.25) is 0 Å². The molecule has 0 spiro atoms. The largest absolute Gasteiger partial charge is 0.494 e. The van der Waals surface area contributed by atoms with E-state index in [4.69, 9.17) is 9.47 Å². The number of fused-ring (bicyclic) bond motifs is 2. The molecule has 1 aliphatic carbocycles. The number of carbonyl (C=O) groups is 3. The van der Waals surface area contributed by atoms with Gasteiger partial charge >= 0.3 is 12.0 Å². The average molecular weight is 619 g/mol. The van der Waals surface area contributed by atoms with Crippen LogP contribution in [0.5, 0.6) is 5.75 Å². The first-order chi connectivity index (χ1) is 21.8. The topological polar surface area (TPSA) is 125 Å². The Morgan fingerprint density at radius 2 is 1.82 bits per heavy atom. The van der Waals surface area contributed by atoms with Crippen LogP contribution in [0.1, 0.15) is 76.3 Å². The molecule has 11 heteroatoms. The number of hydrogen-bond acceptors (Lipinski definition) is 8. The first kappa shape index (κ1) is 32.3. The second kappa shape index (κ2) is 15.7. The normalized spacial score (nSPS) is 19.5. The van der Waals surface area contributed by atoms with Crippen molar-refractivity contribution in [2.45, 2.75) is 90.4 Å². The summed E-state index contributed by atoms with van der Waals surface area (Å²) in [4.78, 5) is 44.4. The van der Waals surface area contributed by atoms with Gasteiger partial charge in [0, 0.05) is 38.2 Å². The van der Waals surface area contributed by atoms with Crippen LogP contribution in [0.15, 0.2) is 53.5 Å². The number of aliphatic imine (C=N–C) groups is 1. The number of guanidine groups is 1. The van der Waals surface area contributed by atoms with E-state index in [-0.39, 0.29) is 24.5 Å². The van der Waals surface area contributed by atoms with E-state index in [0.717, 1.165) is 24.1 Å². The Labute approximate surface area is 265 Å². The summed E-state index contributed by atoms with van der Waals surface area (Å²) in [6.07, 6.45) is 8.14. The standard InChI is InChI=1S/C34H46N6O5/c1-24(2)45-32(42)23-39-22-27-16-17-28(20-29(27)36-33(39)37-34(43)35-21-25-10-4-3-5-11-25)44-19-9-15-31(41)38-40-18-8-13-26-12-6-7-14-30(26)40/h3-5,10-11,16-17,20,24,26,30H,6-9,12-15,18-19,21-23H2,1-2H3,(H,38,41)(H2,35,36,37,43). The summed E-state index contributed by atoms with van der Waals surface area (Å²) < 4.78 is 11.3. The van der Waals surface area contributed by atoms with E-state index in [2.05, 4.69) is 26.1 Å². The minimum atomic E-state index is -0.433. The molecule has 2 heterocycles. The van der Waals surface area contributed by atoms with Gasteiger partial charge in [0.05, 0.1) is 18.4 Å². The van der Waals surface area contributed by atoms with Gasteiger partial charge in [-0.15, -0.1) is 0 Å². The van der Waals surface area contributed by atoms with Gasteiger partial charge in [0.2, 0.25) is 11.9 Å². The van der Waals surface area contributed by atoms with Gasteiger partial charge in [0.1, 0.15) is 12.3 Å². The fourth-order valence-corrected chi connectivity index (χ4v) is 6.36. The lowest BCUT2D eigenvalue weighted by Gasteiger charge is -2.43. The lowest BCUT2D eigenvalue weighted by molar-refractivity contribution is -0.147. The van der Waals surface area contributed by atoms with Crippen molar-refractivity contribution >= 4 is 29.6 Å². The van der Waals surface area contributed by atoms with Crippen LogP contribution in [0.25, 0.3) is 0 Å². The van der Waals surface area contributed by atoms with Gasteiger partial charge in [-0.2, -0.15) is 0 Å². The highest BCUT2D eigenvalue weighted by atomic mass is 16.5. The Morgan fingerprint density at radius 1 is 1.02 bits per heavy atom. The molecule has 2 aliphatic heterocycles. The number of nitrogens with zero attached hydrogens (tertiary/aromatic N) is 3. The lowest BCUT2D eigenvalue weighted by Crippen LogP contribution is -2.55. The van der Waals surface area contributed by atoms with Gasteiger partial charge in [0.15, 0.2) is 0 Å². The molecule has 3 amide bonds. The summed E-state index contributed by atoms with van der Waals surface area (Å²) in [6.45, 7) is 5.56. The first-order valence-corrected chi connectivity index (χ1v) is 16.3. The molecule has 1 saturated heterocycles. The van der Waals surface area contributed by atoms with Crippen LogP contribution >= 0.6 is 0 Å². The molecular formula is C34H46N6O5. The number of ether oxygens (including phenoxy) is 2. The number of hydrogen-bond donors (Lipinski definition) is 3. The van der Waals surface area contributed by atoms with Crippen molar-refractivity contribution in [3.63, 3.8) is 0 Å². The zero-order valence-electron chi connectivity index (χ0n) is 26.4. The maximum Gasteiger partial charge on any atom is 0.325 e. The van der Waals surface area contributed by atoms with E-state index in [0.29, 0.717) is 55.9 Å². The van der Waals surface area contributed by atoms with E-state index in [9.17, 15) is 14.4 Å². The fourth-order valence-electron chi connectivity index (χ4n) is 6.36. The molecule has 0 bridgehead atoms. The van der Waals surface area contributed by atoms with E-state index in [1.165, 1.54) is 32.1 Å². The summed E-state index contributed by atoms with van der Waals surface area (Å²) in [7, 11) is 0. The number of nitrogens with one attached hydrogen (secondary N) is 3. The molecule has 2 aromatic rings. The quantitative estimate of drug-likeness (QED) is 0.244. The third-order valence-electron chi connectivity index (χ3n) is 8.48. The maximum atomic E-state index is 12.8. The van der Waals surface area contributed by atoms with E-state index in [1.54, 1.807) is 18.7 Å². The molecule has 1 saturated carbocycles. The number of esters is 1. The predicted molar refractivity (Wildman–Crippen MR) is 172 cm³/mol. The van der Waals surface area contributed by atoms with Crippen molar-refractivity contribution in [3.05, 3.63) is 59.7 Å². The third kappa shape index (κ3) is 9.43. The van der Waals surface area contributed by atoms with Gasteiger partial charge < -0.3 is 19.7 Å². The predicted octanol–water partition coefficient (Wildman–Crippen LogP) is 4.79. The highest BCUT2D eigenvalue weighted by Crippen LogP contribution is 2.34. The number of carbonyl (C=O) groups excluding carboxylic acids is 3. The van der Waals surface area contributed by atoms with Gasteiger partial charge in [0.25, 0.3) is 0 Å². The molecule has 5 rings (SSSR count). The number of rotatable bonds is 11. The van der Waals surface area contributed by atoms with Crippen LogP contribution in [-0.2, 0) is 27.4 Å². The minimum absolute atomic E-state index is 0.0391. The molecule has 2 unspecified atom stereocenters. The van der Waals surface area contributed by atoms with Crippen LogP contribution in [0, 0.1) is 5.92 Å². The Balaban J connectivity index is 1.15. The molecule has 2 fully saturated rings. The monoisotopic (exact) mass is 618 g/mol.